The minimum atomic E-state index is -3.76. The zero-order valence-electron chi connectivity index (χ0n) is 11.8. The number of nitrogens with one attached hydrogen (secondary N) is 1. The molecule has 0 aromatic heterocycles. The van der Waals surface area contributed by atoms with Crippen molar-refractivity contribution in [2.45, 2.75) is 30.0 Å². The second-order valence-corrected chi connectivity index (χ2v) is 9.62. The van der Waals surface area contributed by atoms with Gasteiger partial charge in [0.1, 0.15) is 0 Å². The van der Waals surface area contributed by atoms with Gasteiger partial charge in [-0.1, -0.05) is 12.1 Å². The molecule has 0 saturated heterocycles. The summed E-state index contributed by atoms with van der Waals surface area (Å²) < 4.78 is 48.5. The molecule has 3 N–H and O–H groups in total. The third-order valence-electron chi connectivity index (χ3n) is 3.14. The van der Waals surface area contributed by atoms with E-state index in [-0.39, 0.29) is 18.0 Å². The Hall–Kier alpha value is -0.960. The quantitative estimate of drug-likeness (QED) is 0.781. The maximum Gasteiger partial charge on any atom is 0.240 e. The summed E-state index contributed by atoms with van der Waals surface area (Å²) in [5, 5.41) is 0. The molecule has 0 bridgehead atoms. The number of rotatable bonds is 6. The average Bonchev–Trinajstić information content (AvgIpc) is 2.35. The molecule has 0 fully saturated rings. The monoisotopic (exact) mass is 320 g/mol. The number of hydrogen-bond acceptors (Lipinski definition) is 5. The molecule has 1 aromatic carbocycles. The number of benzene rings is 1. The smallest absolute Gasteiger partial charge is 0.240 e. The summed E-state index contributed by atoms with van der Waals surface area (Å²) in [6, 6.07) is 6.22. The molecular weight excluding hydrogens is 300 g/mol. The fourth-order valence-electron chi connectivity index (χ4n) is 1.32. The van der Waals surface area contributed by atoms with Crippen molar-refractivity contribution in [2.24, 2.45) is 5.73 Å². The van der Waals surface area contributed by atoms with E-state index in [4.69, 9.17) is 5.73 Å². The summed E-state index contributed by atoms with van der Waals surface area (Å²) in [5.41, 5.74) is 6.16. The van der Waals surface area contributed by atoms with Crippen LogP contribution in [-0.2, 0) is 26.4 Å². The molecule has 0 unspecified atom stereocenters. The largest absolute Gasteiger partial charge is 0.326 e. The summed E-state index contributed by atoms with van der Waals surface area (Å²) in [6.45, 7) is 2.99. The average molecular weight is 320 g/mol. The van der Waals surface area contributed by atoms with Gasteiger partial charge in [-0.3, -0.25) is 0 Å². The lowest BCUT2D eigenvalue weighted by atomic mass is 10.2. The minimum absolute atomic E-state index is 0.0738. The molecule has 8 heteroatoms. The molecule has 114 valence electrons. The van der Waals surface area contributed by atoms with Crippen molar-refractivity contribution in [3.05, 3.63) is 29.8 Å². The fourth-order valence-corrected chi connectivity index (χ4v) is 3.03. The van der Waals surface area contributed by atoms with Gasteiger partial charge < -0.3 is 5.73 Å². The number of nitrogens with two attached hydrogens (primary N) is 1. The summed E-state index contributed by atoms with van der Waals surface area (Å²) in [6.07, 6.45) is 1.08. The first-order chi connectivity index (χ1) is 8.99. The zero-order valence-corrected chi connectivity index (χ0v) is 13.4. The van der Waals surface area contributed by atoms with E-state index in [1.54, 1.807) is 12.1 Å². The Balaban J connectivity index is 2.96. The van der Waals surface area contributed by atoms with E-state index in [0.29, 0.717) is 5.56 Å². The van der Waals surface area contributed by atoms with Crippen LogP contribution in [-0.4, -0.2) is 34.4 Å². The molecule has 0 spiro atoms. The molecule has 0 heterocycles. The molecule has 20 heavy (non-hydrogen) atoms. The maximum absolute atomic E-state index is 12.1. The third-order valence-corrected chi connectivity index (χ3v) is 6.69. The highest BCUT2D eigenvalue weighted by Crippen LogP contribution is 2.16. The van der Waals surface area contributed by atoms with Gasteiger partial charge in [-0.05, 0) is 31.5 Å². The Bertz CT molecular complexity index is 679. The van der Waals surface area contributed by atoms with E-state index in [0.717, 1.165) is 6.26 Å². The predicted octanol–water partition coefficient (Wildman–Crippen LogP) is 0.247. The fraction of sp³-hybridized carbons (Fsp3) is 0.500. The van der Waals surface area contributed by atoms with Crippen LogP contribution in [0.5, 0.6) is 0 Å². The second-order valence-electron chi connectivity index (χ2n) is 5.21. The molecule has 6 nitrogen and oxygen atoms in total. The van der Waals surface area contributed by atoms with Crippen molar-refractivity contribution in [2.75, 3.05) is 12.8 Å². The van der Waals surface area contributed by atoms with Crippen molar-refractivity contribution in [3.8, 4) is 0 Å². The first kappa shape index (κ1) is 17.1. The van der Waals surface area contributed by atoms with Gasteiger partial charge in [-0.15, -0.1) is 0 Å². The van der Waals surface area contributed by atoms with Crippen LogP contribution in [0.3, 0.4) is 0 Å². The Labute approximate surface area is 120 Å². The lowest BCUT2D eigenvalue weighted by Crippen LogP contribution is -2.43. The van der Waals surface area contributed by atoms with Gasteiger partial charge in [-0.25, -0.2) is 21.6 Å². The van der Waals surface area contributed by atoms with E-state index in [1.807, 2.05) is 0 Å². The van der Waals surface area contributed by atoms with Crippen LogP contribution < -0.4 is 10.5 Å². The molecule has 1 rings (SSSR count). The zero-order chi connectivity index (χ0) is 15.6. The van der Waals surface area contributed by atoms with Crippen molar-refractivity contribution in [1.29, 1.82) is 0 Å². The van der Waals surface area contributed by atoms with E-state index >= 15 is 0 Å². The van der Waals surface area contributed by atoms with Gasteiger partial charge in [0.15, 0.2) is 9.84 Å². The van der Waals surface area contributed by atoms with Crippen LogP contribution >= 0.6 is 0 Å². The van der Waals surface area contributed by atoms with Crippen LogP contribution in [0.2, 0.25) is 0 Å². The van der Waals surface area contributed by atoms with Crippen LogP contribution in [0.4, 0.5) is 0 Å². The van der Waals surface area contributed by atoms with Crippen molar-refractivity contribution in [3.63, 3.8) is 0 Å². The minimum Gasteiger partial charge on any atom is -0.326 e. The van der Waals surface area contributed by atoms with Gasteiger partial charge in [0.05, 0.1) is 9.64 Å². The highest BCUT2D eigenvalue weighted by atomic mass is 32.2. The lowest BCUT2D eigenvalue weighted by Gasteiger charge is -2.22. The highest BCUT2D eigenvalue weighted by Gasteiger charge is 2.31. The molecule has 0 radical (unpaired) electrons. The summed E-state index contributed by atoms with van der Waals surface area (Å²) in [7, 11) is -7.12. The van der Waals surface area contributed by atoms with E-state index in [9.17, 15) is 16.8 Å². The van der Waals surface area contributed by atoms with Crippen LogP contribution in [0.1, 0.15) is 19.4 Å². The van der Waals surface area contributed by atoms with Gasteiger partial charge in [0.25, 0.3) is 0 Å². The van der Waals surface area contributed by atoms with Gasteiger partial charge >= 0.3 is 0 Å². The number of sulfonamides is 1. The molecule has 0 saturated carbocycles. The Kier molecular flexibility index (Phi) is 4.96. The normalized spacial score (nSPS) is 13.4. The SMILES string of the molecule is CC(C)(CNS(=O)(=O)c1cccc(CN)c1)S(C)(=O)=O. The second kappa shape index (κ2) is 5.80. The molecule has 0 aliphatic carbocycles. The van der Waals surface area contributed by atoms with Gasteiger partial charge in [-0.2, -0.15) is 0 Å². The third kappa shape index (κ3) is 4.02. The molecule has 0 atom stereocenters. The summed E-state index contributed by atoms with van der Waals surface area (Å²) >= 11 is 0. The molecule has 0 aliphatic rings. The number of sulfone groups is 1. The van der Waals surface area contributed by atoms with Crippen LogP contribution in [0, 0.1) is 0 Å². The van der Waals surface area contributed by atoms with E-state index < -0.39 is 24.6 Å². The van der Waals surface area contributed by atoms with Crippen molar-refractivity contribution >= 4 is 19.9 Å². The van der Waals surface area contributed by atoms with Crippen molar-refractivity contribution < 1.29 is 16.8 Å². The Morgan fingerprint density at radius 1 is 1.20 bits per heavy atom. The topological polar surface area (TPSA) is 106 Å². The number of hydrogen-bond donors (Lipinski definition) is 2. The maximum atomic E-state index is 12.1. The molecule has 0 aliphatic heterocycles. The van der Waals surface area contributed by atoms with Crippen LogP contribution in [0.15, 0.2) is 29.2 Å². The molecular formula is C12H20N2O4S2. The van der Waals surface area contributed by atoms with Crippen molar-refractivity contribution in [1.82, 2.24) is 4.72 Å². The highest BCUT2D eigenvalue weighted by molar-refractivity contribution is 7.92. The van der Waals surface area contributed by atoms with E-state index in [1.165, 1.54) is 26.0 Å². The Morgan fingerprint density at radius 2 is 1.80 bits per heavy atom. The first-order valence-electron chi connectivity index (χ1n) is 5.98. The predicted molar refractivity (Wildman–Crippen MR) is 78.4 cm³/mol. The lowest BCUT2D eigenvalue weighted by molar-refractivity contribution is 0.537. The van der Waals surface area contributed by atoms with E-state index in [2.05, 4.69) is 4.72 Å². The Morgan fingerprint density at radius 3 is 2.30 bits per heavy atom. The summed E-state index contributed by atoms with van der Waals surface area (Å²) in [5.74, 6) is 0. The van der Waals surface area contributed by atoms with Gasteiger partial charge in [0.2, 0.25) is 10.0 Å². The standard InChI is InChI=1S/C12H20N2O4S2/c1-12(2,19(3,15)16)9-14-20(17,18)11-6-4-5-10(7-11)8-13/h4-7,14H,8-9,13H2,1-3H3. The van der Waals surface area contributed by atoms with Crippen LogP contribution in [0.25, 0.3) is 0 Å². The molecule has 1 aromatic rings. The van der Waals surface area contributed by atoms with Gasteiger partial charge in [0, 0.05) is 19.3 Å². The first-order valence-corrected chi connectivity index (χ1v) is 9.35. The summed E-state index contributed by atoms with van der Waals surface area (Å²) in [4.78, 5) is 0.0738. The molecule has 0 amide bonds.